The van der Waals surface area contributed by atoms with Crippen LogP contribution in [0.1, 0.15) is 27.7 Å². The zero-order valence-corrected chi connectivity index (χ0v) is 10.8. The van der Waals surface area contributed by atoms with E-state index in [4.69, 9.17) is 17.3 Å². The van der Waals surface area contributed by atoms with Crippen LogP contribution in [0.4, 0.5) is 11.5 Å². The van der Waals surface area contributed by atoms with Crippen LogP contribution >= 0.6 is 11.6 Å². The van der Waals surface area contributed by atoms with Crippen molar-refractivity contribution in [1.82, 2.24) is 9.97 Å². The molecule has 0 radical (unpaired) electrons. The number of nitrogens with one attached hydrogen (secondary N) is 1. The molecule has 1 heterocycles. The van der Waals surface area contributed by atoms with Crippen LogP contribution < -0.4 is 11.1 Å². The average molecular weight is 241 g/mol. The molecule has 1 aromatic heterocycles. The van der Waals surface area contributed by atoms with E-state index in [9.17, 15) is 0 Å². The van der Waals surface area contributed by atoms with Gasteiger partial charge in [0.25, 0.3) is 0 Å². The fourth-order valence-corrected chi connectivity index (χ4v) is 2.31. The van der Waals surface area contributed by atoms with E-state index >= 15 is 0 Å². The molecule has 0 aromatic carbocycles. The van der Waals surface area contributed by atoms with Crippen LogP contribution in [0.5, 0.6) is 0 Å². The summed E-state index contributed by atoms with van der Waals surface area (Å²) in [5.74, 6) is 0.628. The summed E-state index contributed by atoms with van der Waals surface area (Å²) in [6.07, 6.45) is 1.53. The first-order valence-corrected chi connectivity index (χ1v) is 5.69. The fourth-order valence-electron chi connectivity index (χ4n) is 2.18. The normalized spacial score (nSPS) is 21.8. The molecule has 0 unspecified atom stereocenters. The number of nitrogens with two attached hydrogens (primary N) is 1. The van der Waals surface area contributed by atoms with Crippen molar-refractivity contribution in [2.24, 2.45) is 10.8 Å². The third-order valence-electron chi connectivity index (χ3n) is 4.09. The molecule has 5 heteroatoms. The number of anilines is 2. The monoisotopic (exact) mass is 240 g/mol. The van der Waals surface area contributed by atoms with Gasteiger partial charge in [-0.25, -0.2) is 4.98 Å². The number of hydrogen-bond acceptors (Lipinski definition) is 4. The van der Waals surface area contributed by atoms with Gasteiger partial charge in [0.05, 0.1) is 11.9 Å². The molecule has 1 aliphatic rings. The van der Waals surface area contributed by atoms with Gasteiger partial charge >= 0.3 is 0 Å². The summed E-state index contributed by atoms with van der Waals surface area (Å²) in [6, 6.07) is 0.355. The molecule has 1 aliphatic carbocycles. The summed E-state index contributed by atoms with van der Waals surface area (Å²) >= 11 is 5.75. The first kappa shape index (κ1) is 11.5. The minimum Gasteiger partial charge on any atom is -0.394 e. The summed E-state index contributed by atoms with van der Waals surface area (Å²) < 4.78 is 0. The van der Waals surface area contributed by atoms with Gasteiger partial charge in [-0.2, -0.15) is 4.98 Å². The Hall–Kier alpha value is -1.03. The first-order chi connectivity index (χ1) is 7.26. The lowest BCUT2D eigenvalue weighted by molar-refractivity contribution is 0.457. The lowest BCUT2D eigenvalue weighted by Crippen LogP contribution is -2.13. The van der Waals surface area contributed by atoms with Crippen LogP contribution in [-0.2, 0) is 0 Å². The van der Waals surface area contributed by atoms with Gasteiger partial charge in [-0.05, 0) is 22.4 Å². The van der Waals surface area contributed by atoms with Gasteiger partial charge in [0, 0.05) is 6.04 Å². The topological polar surface area (TPSA) is 63.8 Å². The third kappa shape index (κ3) is 1.52. The van der Waals surface area contributed by atoms with E-state index in [2.05, 4.69) is 43.0 Å². The molecule has 16 heavy (non-hydrogen) atoms. The van der Waals surface area contributed by atoms with Crippen molar-refractivity contribution in [3.63, 3.8) is 0 Å². The van der Waals surface area contributed by atoms with Crippen molar-refractivity contribution in [3.8, 4) is 0 Å². The van der Waals surface area contributed by atoms with Crippen molar-refractivity contribution in [1.29, 1.82) is 0 Å². The molecule has 1 saturated carbocycles. The Kier molecular flexibility index (Phi) is 2.31. The summed E-state index contributed by atoms with van der Waals surface area (Å²) in [6.45, 7) is 8.90. The molecule has 1 aromatic rings. The van der Waals surface area contributed by atoms with Crippen LogP contribution in [0, 0.1) is 10.8 Å². The number of nitrogens with zero attached hydrogens (tertiary/aromatic N) is 2. The van der Waals surface area contributed by atoms with E-state index < -0.39 is 0 Å². The third-order valence-corrected chi connectivity index (χ3v) is 4.27. The van der Waals surface area contributed by atoms with E-state index in [1.807, 2.05) is 0 Å². The highest BCUT2D eigenvalue weighted by Gasteiger charge is 2.65. The maximum absolute atomic E-state index is 5.80. The number of rotatable bonds is 2. The predicted molar refractivity (Wildman–Crippen MR) is 66.4 cm³/mol. The SMILES string of the molecule is CC1(C)C(Nc2nc(Cl)ncc2N)C1(C)C. The van der Waals surface area contributed by atoms with Crippen LogP contribution in [0.25, 0.3) is 0 Å². The number of halogens is 1. The van der Waals surface area contributed by atoms with Gasteiger partial charge in [-0.3, -0.25) is 0 Å². The van der Waals surface area contributed by atoms with Gasteiger partial charge < -0.3 is 11.1 Å². The van der Waals surface area contributed by atoms with E-state index in [0.717, 1.165) is 0 Å². The zero-order valence-electron chi connectivity index (χ0n) is 10.0. The van der Waals surface area contributed by atoms with Crippen molar-refractivity contribution in [2.45, 2.75) is 33.7 Å². The average Bonchev–Trinajstić information content (AvgIpc) is 2.54. The largest absolute Gasteiger partial charge is 0.394 e. The van der Waals surface area contributed by atoms with Crippen molar-refractivity contribution < 1.29 is 0 Å². The summed E-state index contributed by atoms with van der Waals surface area (Å²) in [5, 5.41) is 3.56. The second kappa shape index (κ2) is 3.23. The van der Waals surface area contributed by atoms with Crippen LogP contribution in [0.15, 0.2) is 6.20 Å². The van der Waals surface area contributed by atoms with Crippen LogP contribution in [0.3, 0.4) is 0 Å². The molecule has 0 aliphatic heterocycles. The highest BCUT2D eigenvalue weighted by Crippen LogP contribution is 2.63. The maximum Gasteiger partial charge on any atom is 0.224 e. The summed E-state index contributed by atoms with van der Waals surface area (Å²) in [5.41, 5.74) is 6.79. The minimum absolute atomic E-state index is 0.216. The van der Waals surface area contributed by atoms with E-state index in [0.29, 0.717) is 17.5 Å². The lowest BCUT2D eigenvalue weighted by Gasteiger charge is -2.09. The highest BCUT2D eigenvalue weighted by molar-refractivity contribution is 6.28. The second-order valence-electron chi connectivity index (χ2n) is 5.46. The molecule has 88 valence electrons. The number of nitrogen functional groups attached to an aromatic ring is 1. The lowest BCUT2D eigenvalue weighted by atomic mass is 10.0. The Morgan fingerprint density at radius 3 is 2.38 bits per heavy atom. The molecule has 2 rings (SSSR count). The Bertz CT molecular complexity index is 414. The number of hydrogen-bond donors (Lipinski definition) is 2. The van der Waals surface area contributed by atoms with Crippen molar-refractivity contribution in [3.05, 3.63) is 11.5 Å². The van der Waals surface area contributed by atoms with E-state index in [1.165, 1.54) is 6.20 Å². The Morgan fingerprint density at radius 2 is 1.88 bits per heavy atom. The minimum atomic E-state index is 0.216. The second-order valence-corrected chi connectivity index (χ2v) is 5.80. The molecule has 0 amide bonds. The van der Waals surface area contributed by atoms with E-state index in [1.54, 1.807) is 0 Å². The molecule has 4 nitrogen and oxygen atoms in total. The standard InChI is InChI=1S/C11H17ClN4/c1-10(2)8(11(10,3)4)15-7-6(13)5-14-9(12)16-7/h5,8H,13H2,1-4H3,(H,14,15,16). The highest BCUT2D eigenvalue weighted by atomic mass is 35.5. The Labute approximate surface area is 101 Å². The Morgan fingerprint density at radius 1 is 1.31 bits per heavy atom. The predicted octanol–water partition coefficient (Wildman–Crippen LogP) is 2.56. The van der Waals surface area contributed by atoms with Gasteiger partial charge in [0.2, 0.25) is 5.28 Å². The van der Waals surface area contributed by atoms with Gasteiger partial charge in [-0.1, -0.05) is 27.7 Å². The van der Waals surface area contributed by atoms with Gasteiger partial charge in [0.15, 0.2) is 5.82 Å². The quantitative estimate of drug-likeness (QED) is 0.780. The zero-order chi connectivity index (χ0) is 12.1. The van der Waals surface area contributed by atoms with Crippen molar-refractivity contribution in [2.75, 3.05) is 11.1 Å². The maximum atomic E-state index is 5.80. The van der Waals surface area contributed by atoms with E-state index in [-0.39, 0.29) is 16.1 Å². The summed E-state index contributed by atoms with van der Waals surface area (Å²) in [4.78, 5) is 7.93. The molecule has 0 saturated heterocycles. The Balaban J connectivity index is 2.21. The fraction of sp³-hybridized carbons (Fsp3) is 0.636. The molecule has 3 N–H and O–H groups in total. The molecule has 0 bridgehead atoms. The van der Waals surface area contributed by atoms with Crippen molar-refractivity contribution >= 4 is 23.1 Å². The van der Waals surface area contributed by atoms with Gasteiger partial charge in [-0.15, -0.1) is 0 Å². The molecular formula is C11H17ClN4. The van der Waals surface area contributed by atoms with Crippen LogP contribution in [-0.4, -0.2) is 16.0 Å². The first-order valence-electron chi connectivity index (χ1n) is 5.31. The molecular weight excluding hydrogens is 224 g/mol. The molecule has 0 spiro atoms. The smallest absolute Gasteiger partial charge is 0.224 e. The number of aromatic nitrogens is 2. The molecule has 1 fully saturated rings. The van der Waals surface area contributed by atoms with Crippen LogP contribution in [0.2, 0.25) is 5.28 Å². The molecule has 0 atom stereocenters. The summed E-state index contributed by atoms with van der Waals surface area (Å²) in [7, 11) is 0. The van der Waals surface area contributed by atoms with Gasteiger partial charge in [0.1, 0.15) is 0 Å².